The lowest BCUT2D eigenvalue weighted by atomic mass is 10.2. The molecule has 2 aliphatic heterocycles. The highest BCUT2D eigenvalue weighted by Gasteiger charge is 2.26. The minimum Gasteiger partial charge on any atom is -0.455 e. The molecule has 0 aliphatic carbocycles. The fourth-order valence-electron chi connectivity index (χ4n) is 3.56. The highest BCUT2D eigenvalue weighted by atomic mass is 32.2. The number of furan rings is 1. The second-order valence-corrected chi connectivity index (χ2v) is 8.05. The average molecular weight is 391 g/mol. The van der Waals surface area contributed by atoms with Crippen LogP contribution in [0, 0.1) is 0 Å². The topological polar surface area (TPSA) is 63.7 Å². The minimum atomic E-state index is -0.0139. The number of hydrogen-bond donors (Lipinski definition) is 0. The first-order valence-corrected chi connectivity index (χ1v) is 10.5. The molecule has 2 aliphatic rings. The zero-order chi connectivity index (χ0) is 18.6. The quantitative estimate of drug-likeness (QED) is 0.705. The monoisotopic (exact) mass is 390 g/mol. The van der Waals surface area contributed by atoms with E-state index in [4.69, 9.17) is 9.15 Å². The summed E-state index contributed by atoms with van der Waals surface area (Å²) in [5, 5.41) is 0.932. The first-order valence-electron chi connectivity index (χ1n) is 9.51. The number of thioether (sulfide) groups is 1. The Balaban J connectivity index is 1.26. The van der Waals surface area contributed by atoms with Gasteiger partial charge < -0.3 is 18.6 Å². The molecule has 1 unspecified atom stereocenters. The van der Waals surface area contributed by atoms with Gasteiger partial charge in [-0.15, -0.1) is 0 Å². The van der Waals surface area contributed by atoms with Gasteiger partial charge in [-0.1, -0.05) is 11.8 Å². The maximum atomic E-state index is 12.7. The van der Waals surface area contributed by atoms with Gasteiger partial charge >= 0.3 is 0 Å². The molecule has 2 aromatic rings. The summed E-state index contributed by atoms with van der Waals surface area (Å²) < 4.78 is 13.5. The van der Waals surface area contributed by atoms with Gasteiger partial charge in [-0.2, -0.15) is 0 Å². The summed E-state index contributed by atoms with van der Waals surface area (Å²) in [7, 11) is 1.96. The largest absolute Gasteiger partial charge is 0.455 e. The number of aryl methyl sites for hydroxylation is 1. The zero-order valence-electron chi connectivity index (χ0n) is 15.7. The number of amides is 1. The number of carbonyl (C=O) groups is 1. The third-order valence-electron chi connectivity index (χ3n) is 5.14. The molecule has 1 amide bonds. The molecule has 2 fully saturated rings. The Morgan fingerprint density at radius 3 is 2.85 bits per heavy atom. The van der Waals surface area contributed by atoms with Gasteiger partial charge in [0.05, 0.1) is 11.9 Å². The standard InChI is InChI=1S/C19H26N4O3S/c1-21-7-6-20-19(21)27-14-16-4-5-17(26-16)18(24)23-10-8-22(9-11-23)13-15-3-2-12-25-15/h4-7,15H,2-3,8-14H2,1H3. The maximum absolute atomic E-state index is 12.7. The smallest absolute Gasteiger partial charge is 0.289 e. The van der Waals surface area contributed by atoms with Crippen LogP contribution in [-0.4, -0.2) is 70.7 Å². The lowest BCUT2D eigenvalue weighted by Gasteiger charge is -2.35. The summed E-state index contributed by atoms with van der Waals surface area (Å²) in [6.45, 7) is 5.15. The molecule has 146 valence electrons. The molecule has 2 aromatic heterocycles. The van der Waals surface area contributed by atoms with E-state index in [2.05, 4.69) is 9.88 Å². The third-order valence-corrected chi connectivity index (χ3v) is 6.22. The van der Waals surface area contributed by atoms with Gasteiger partial charge in [-0.25, -0.2) is 4.98 Å². The van der Waals surface area contributed by atoms with Crippen LogP contribution in [0.1, 0.15) is 29.2 Å². The van der Waals surface area contributed by atoms with Crippen molar-refractivity contribution in [2.45, 2.75) is 29.9 Å². The Labute approximate surface area is 163 Å². The lowest BCUT2D eigenvalue weighted by molar-refractivity contribution is 0.0416. The van der Waals surface area contributed by atoms with Crippen molar-refractivity contribution in [3.63, 3.8) is 0 Å². The van der Waals surface area contributed by atoms with E-state index >= 15 is 0 Å². The molecule has 4 rings (SSSR count). The molecule has 0 N–H and O–H groups in total. The predicted octanol–water partition coefficient (Wildman–Crippen LogP) is 2.24. The molecular formula is C19H26N4O3S. The lowest BCUT2D eigenvalue weighted by Crippen LogP contribution is -2.50. The third kappa shape index (κ3) is 4.56. The Hall–Kier alpha value is -1.77. The molecule has 27 heavy (non-hydrogen) atoms. The molecule has 7 nitrogen and oxygen atoms in total. The minimum absolute atomic E-state index is 0.0139. The van der Waals surface area contributed by atoms with Crippen LogP contribution in [0.4, 0.5) is 0 Å². The van der Waals surface area contributed by atoms with E-state index in [0.29, 0.717) is 17.6 Å². The predicted molar refractivity (Wildman–Crippen MR) is 103 cm³/mol. The Kier molecular flexibility index (Phi) is 5.85. The normalized spacial score (nSPS) is 21.1. The van der Waals surface area contributed by atoms with Crippen molar-refractivity contribution in [3.8, 4) is 0 Å². The summed E-state index contributed by atoms with van der Waals surface area (Å²) in [6.07, 6.45) is 6.39. The molecule has 0 saturated carbocycles. The summed E-state index contributed by atoms with van der Waals surface area (Å²) >= 11 is 1.60. The second-order valence-electron chi connectivity index (χ2n) is 7.10. The molecule has 0 spiro atoms. The Bertz CT molecular complexity index is 761. The number of aromatic nitrogens is 2. The fourth-order valence-corrected chi connectivity index (χ4v) is 4.39. The van der Waals surface area contributed by atoms with Crippen LogP contribution in [0.25, 0.3) is 0 Å². The van der Waals surface area contributed by atoms with E-state index in [1.54, 1.807) is 24.0 Å². The molecular weight excluding hydrogens is 364 g/mol. The number of hydrogen-bond acceptors (Lipinski definition) is 6. The van der Waals surface area contributed by atoms with Crippen molar-refractivity contribution in [1.29, 1.82) is 0 Å². The first kappa shape index (κ1) is 18.6. The highest BCUT2D eigenvalue weighted by molar-refractivity contribution is 7.98. The molecule has 0 radical (unpaired) electrons. The Morgan fingerprint density at radius 2 is 2.15 bits per heavy atom. The average Bonchev–Trinajstić information content (AvgIpc) is 3.43. The van der Waals surface area contributed by atoms with E-state index in [0.717, 1.165) is 56.7 Å². The molecule has 8 heteroatoms. The van der Waals surface area contributed by atoms with Crippen molar-refractivity contribution in [1.82, 2.24) is 19.4 Å². The zero-order valence-corrected chi connectivity index (χ0v) is 16.5. The number of imidazole rings is 1. The van der Waals surface area contributed by atoms with Crippen LogP contribution in [0.3, 0.4) is 0 Å². The number of nitrogens with zero attached hydrogens (tertiary/aromatic N) is 4. The van der Waals surface area contributed by atoms with Crippen molar-refractivity contribution in [3.05, 3.63) is 36.0 Å². The van der Waals surface area contributed by atoms with Crippen LogP contribution in [0.15, 0.2) is 34.1 Å². The number of piperazine rings is 1. The van der Waals surface area contributed by atoms with E-state index in [-0.39, 0.29) is 5.91 Å². The maximum Gasteiger partial charge on any atom is 0.289 e. The molecule has 1 atom stereocenters. The summed E-state index contributed by atoms with van der Waals surface area (Å²) in [4.78, 5) is 21.3. The molecule has 4 heterocycles. The first-order chi connectivity index (χ1) is 13.2. The number of rotatable bonds is 6. The van der Waals surface area contributed by atoms with Gasteiger partial charge in [0.2, 0.25) is 0 Å². The van der Waals surface area contributed by atoms with E-state index in [9.17, 15) is 4.79 Å². The molecule has 2 saturated heterocycles. The van der Waals surface area contributed by atoms with Crippen molar-refractivity contribution < 1.29 is 13.9 Å². The highest BCUT2D eigenvalue weighted by Crippen LogP contribution is 2.23. The van der Waals surface area contributed by atoms with Crippen LogP contribution >= 0.6 is 11.8 Å². The molecule has 0 aromatic carbocycles. The van der Waals surface area contributed by atoms with Gasteiger partial charge in [-0.3, -0.25) is 9.69 Å². The van der Waals surface area contributed by atoms with Gasteiger partial charge in [0.25, 0.3) is 5.91 Å². The van der Waals surface area contributed by atoms with Crippen LogP contribution in [0.2, 0.25) is 0 Å². The number of ether oxygens (including phenoxy) is 1. The van der Waals surface area contributed by atoms with E-state index < -0.39 is 0 Å². The summed E-state index contributed by atoms with van der Waals surface area (Å²) in [6, 6.07) is 3.67. The van der Waals surface area contributed by atoms with E-state index in [1.165, 1.54) is 6.42 Å². The van der Waals surface area contributed by atoms with Gasteiger partial charge in [0.1, 0.15) is 5.76 Å². The SMILES string of the molecule is Cn1ccnc1SCc1ccc(C(=O)N2CCN(CC3CCCO3)CC2)o1. The second kappa shape index (κ2) is 8.50. The van der Waals surface area contributed by atoms with Crippen molar-refractivity contribution in [2.75, 3.05) is 39.3 Å². The molecule has 0 bridgehead atoms. The van der Waals surface area contributed by atoms with Crippen LogP contribution < -0.4 is 0 Å². The van der Waals surface area contributed by atoms with Gasteiger partial charge in [0, 0.05) is 58.8 Å². The number of carbonyl (C=O) groups excluding carboxylic acids is 1. The Morgan fingerprint density at radius 1 is 1.30 bits per heavy atom. The van der Waals surface area contributed by atoms with Crippen molar-refractivity contribution >= 4 is 17.7 Å². The van der Waals surface area contributed by atoms with Crippen LogP contribution in [0.5, 0.6) is 0 Å². The van der Waals surface area contributed by atoms with Crippen LogP contribution in [-0.2, 0) is 17.5 Å². The van der Waals surface area contributed by atoms with Gasteiger partial charge in [0.15, 0.2) is 10.9 Å². The fraction of sp³-hybridized carbons (Fsp3) is 0.579. The van der Waals surface area contributed by atoms with Crippen molar-refractivity contribution in [2.24, 2.45) is 7.05 Å². The summed E-state index contributed by atoms with van der Waals surface area (Å²) in [5.41, 5.74) is 0. The van der Waals surface area contributed by atoms with Gasteiger partial charge in [-0.05, 0) is 25.0 Å². The summed E-state index contributed by atoms with van der Waals surface area (Å²) in [5.74, 6) is 1.87. The van der Waals surface area contributed by atoms with E-state index in [1.807, 2.05) is 28.8 Å².